The van der Waals surface area contributed by atoms with Crippen LogP contribution in [0.3, 0.4) is 0 Å². The van der Waals surface area contributed by atoms with Gasteiger partial charge in [0, 0.05) is 23.7 Å². The van der Waals surface area contributed by atoms with Crippen molar-refractivity contribution in [2.45, 2.75) is 33.0 Å². The van der Waals surface area contributed by atoms with Crippen LogP contribution in [0.2, 0.25) is 0 Å². The lowest BCUT2D eigenvalue weighted by atomic mass is 10.0. The smallest absolute Gasteiger partial charge is 0.334 e. The van der Waals surface area contributed by atoms with Gasteiger partial charge in [0.25, 0.3) is 11.6 Å². The number of carbonyl (C=O) groups excluding carboxylic acids is 1. The zero-order valence-corrected chi connectivity index (χ0v) is 13.1. The molecule has 0 bridgehead atoms. The Morgan fingerprint density at radius 3 is 2.52 bits per heavy atom. The van der Waals surface area contributed by atoms with Gasteiger partial charge < -0.3 is 14.7 Å². The average molecular weight is 322 g/mol. The van der Waals surface area contributed by atoms with Crippen LogP contribution in [0.5, 0.6) is 0 Å². The van der Waals surface area contributed by atoms with Crippen LogP contribution in [0.1, 0.15) is 28.4 Å². The summed E-state index contributed by atoms with van der Waals surface area (Å²) in [4.78, 5) is 35.7. The predicted octanol–water partition coefficient (Wildman–Crippen LogP) is 1.53. The van der Waals surface area contributed by atoms with E-state index in [0.717, 1.165) is 0 Å². The van der Waals surface area contributed by atoms with Crippen molar-refractivity contribution in [2.24, 2.45) is 0 Å². The van der Waals surface area contributed by atoms with Gasteiger partial charge in [-0.1, -0.05) is 0 Å². The number of carbonyl (C=O) groups is 2. The molecule has 0 saturated carbocycles. The Kier molecular flexibility index (Phi) is 4.65. The number of morpholine rings is 1. The zero-order valence-electron chi connectivity index (χ0n) is 13.1. The van der Waals surface area contributed by atoms with E-state index in [9.17, 15) is 19.7 Å². The number of aliphatic carboxylic acids is 1. The second kappa shape index (κ2) is 6.33. The van der Waals surface area contributed by atoms with Gasteiger partial charge in [0.2, 0.25) is 0 Å². The van der Waals surface area contributed by atoms with Crippen LogP contribution in [0.25, 0.3) is 0 Å². The molecule has 8 nitrogen and oxygen atoms in total. The minimum absolute atomic E-state index is 0.0837. The van der Waals surface area contributed by atoms with Crippen LogP contribution in [-0.4, -0.2) is 52.1 Å². The molecule has 2 rings (SSSR count). The number of nitrogens with zero attached hydrogens (tertiary/aromatic N) is 2. The van der Waals surface area contributed by atoms with E-state index in [1.54, 1.807) is 26.8 Å². The van der Waals surface area contributed by atoms with E-state index >= 15 is 0 Å². The molecule has 23 heavy (non-hydrogen) atoms. The summed E-state index contributed by atoms with van der Waals surface area (Å²) >= 11 is 0. The summed E-state index contributed by atoms with van der Waals surface area (Å²) in [6, 6.07) is 2.84. The Bertz CT molecular complexity index is 672. The fraction of sp³-hybridized carbons (Fsp3) is 0.467. The van der Waals surface area contributed by atoms with Gasteiger partial charge in [-0.3, -0.25) is 14.9 Å². The molecule has 1 saturated heterocycles. The lowest BCUT2D eigenvalue weighted by Crippen LogP contribution is -2.51. The lowest BCUT2D eigenvalue weighted by molar-refractivity contribution is -0.385. The molecule has 1 aliphatic rings. The first-order valence-corrected chi connectivity index (χ1v) is 7.14. The van der Waals surface area contributed by atoms with Gasteiger partial charge in [-0.2, -0.15) is 0 Å². The predicted molar refractivity (Wildman–Crippen MR) is 80.4 cm³/mol. The number of hydrogen-bond acceptors (Lipinski definition) is 5. The summed E-state index contributed by atoms with van der Waals surface area (Å²) in [5.74, 6) is -1.56. The highest BCUT2D eigenvalue weighted by Gasteiger charge is 2.34. The molecule has 1 amide bonds. The van der Waals surface area contributed by atoms with Gasteiger partial charge in [-0.05, 0) is 32.4 Å². The highest BCUT2D eigenvalue weighted by molar-refractivity contribution is 5.97. The molecule has 2 atom stereocenters. The number of ether oxygens (including phenoxy) is 1. The van der Waals surface area contributed by atoms with E-state index in [-0.39, 0.29) is 24.3 Å². The van der Waals surface area contributed by atoms with Crippen molar-refractivity contribution in [2.75, 3.05) is 13.1 Å². The summed E-state index contributed by atoms with van der Waals surface area (Å²) < 4.78 is 5.27. The highest BCUT2D eigenvalue weighted by Crippen LogP contribution is 2.25. The Labute approximate surface area is 132 Å². The van der Waals surface area contributed by atoms with Crippen LogP contribution in [0.15, 0.2) is 12.1 Å². The summed E-state index contributed by atoms with van der Waals surface area (Å²) in [7, 11) is 0. The van der Waals surface area contributed by atoms with Crippen molar-refractivity contribution in [3.63, 3.8) is 0 Å². The first-order valence-electron chi connectivity index (χ1n) is 7.14. The number of nitro groups is 1. The van der Waals surface area contributed by atoms with E-state index in [2.05, 4.69) is 0 Å². The number of aryl methyl sites for hydroxylation is 2. The molecular weight excluding hydrogens is 304 g/mol. The number of hydrogen-bond donors (Lipinski definition) is 1. The third-order valence-electron chi connectivity index (χ3n) is 3.79. The lowest BCUT2D eigenvalue weighted by Gasteiger charge is -2.35. The third-order valence-corrected chi connectivity index (χ3v) is 3.79. The molecule has 0 spiro atoms. The minimum atomic E-state index is -1.14. The highest BCUT2D eigenvalue weighted by atomic mass is 16.6. The number of rotatable bonds is 3. The first-order chi connectivity index (χ1) is 10.7. The molecular formula is C15H18N2O6. The molecule has 1 fully saturated rings. The maximum absolute atomic E-state index is 12.7. The molecule has 0 radical (unpaired) electrons. The van der Waals surface area contributed by atoms with Crippen LogP contribution < -0.4 is 0 Å². The van der Waals surface area contributed by atoms with E-state index in [4.69, 9.17) is 9.84 Å². The number of amides is 1. The van der Waals surface area contributed by atoms with Gasteiger partial charge >= 0.3 is 5.97 Å². The van der Waals surface area contributed by atoms with E-state index in [0.29, 0.717) is 11.1 Å². The molecule has 124 valence electrons. The fourth-order valence-electron chi connectivity index (χ4n) is 2.69. The second-order valence-corrected chi connectivity index (χ2v) is 5.69. The van der Waals surface area contributed by atoms with Crippen molar-refractivity contribution in [1.82, 2.24) is 4.90 Å². The van der Waals surface area contributed by atoms with Crippen molar-refractivity contribution in [3.05, 3.63) is 38.9 Å². The number of carboxylic acids is 1. The third kappa shape index (κ3) is 3.48. The molecule has 1 heterocycles. The fourth-order valence-corrected chi connectivity index (χ4v) is 2.69. The molecule has 1 N–H and O–H groups in total. The van der Waals surface area contributed by atoms with Crippen molar-refractivity contribution in [1.29, 1.82) is 0 Å². The zero-order chi connectivity index (χ0) is 17.3. The van der Waals surface area contributed by atoms with E-state index in [1.165, 1.54) is 11.0 Å². The standard InChI is InChI=1S/C15H18N2O6/c1-8-4-9(2)12(17(21)22)5-11(8)14(18)16-6-10(3)23-13(7-16)15(19)20/h4-5,10,13H,6-7H2,1-3H3,(H,19,20)/t10-,13?/m1/s1. The van der Waals surface area contributed by atoms with E-state index < -0.39 is 29.0 Å². The maximum atomic E-state index is 12.7. The molecule has 1 aromatic rings. The van der Waals surface area contributed by atoms with Crippen LogP contribution in [0, 0.1) is 24.0 Å². The summed E-state index contributed by atoms with van der Waals surface area (Å²) in [5.41, 5.74) is 1.17. The van der Waals surface area contributed by atoms with E-state index in [1.807, 2.05) is 0 Å². The van der Waals surface area contributed by atoms with Crippen molar-refractivity contribution in [3.8, 4) is 0 Å². The molecule has 8 heteroatoms. The molecule has 0 aromatic heterocycles. The van der Waals surface area contributed by atoms with Crippen molar-refractivity contribution >= 4 is 17.6 Å². The SMILES string of the molecule is Cc1cc(C)c([N+](=O)[O-])cc1C(=O)N1CC(C(=O)O)O[C@H](C)C1. The monoisotopic (exact) mass is 322 g/mol. The topological polar surface area (TPSA) is 110 Å². The second-order valence-electron chi connectivity index (χ2n) is 5.69. The molecule has 1 aliphatic heterocycles. The largest absolute Gasteiger partial charge is 0.479 e. The number of nitro benzene ring substituents is 1. The summed E-state index contributed by atoms with van der Waals surface area (Å²) in [5, 5.41) is 20.1. The minimum Gasteiger partial charge on any atom is -0.479 e. The first kappa shape index (κ1) is 16.9. The summed E-state index contributed by atoms with van der Waals surface area (Å²) in [6.45, 7) is 5.14. The van der Waals surface area contributed by atoms with Gasteiger partial charge in [0.15, 0.2) is 6.10 Å². The molecule has 1 unspecified atom stereocenters. The summed E-state index contributed by atoms with van der Waals surface area (Å²) in [6.07, 6.45) is -1.52. The Morgan fingerprint density at radius 2 is 1.96 bits per heavy atom. The van der Waals surface area contributed by atoms with Gasteiger partial charge in [-0.15, -0.1) is 0 Å². The molecule has 0 aliphatic carbocycles. The van der Waals surface area contributed by atoms with Gasteiger partial charge in [0.1, 0.15) is 0 Å². The maximum Gasteiger partial charge on any atom is 0.334 e. The molecule has 1 aromatic carbocycles. The quantitative estimate of drug-likeness (QED) is 0.667. The Morgan fingerprint density at radius 1 is 1.30 bits per heavy atom. The van der Waals surface area contributed by atoms with Crippen LogP contribution in [0.4, 0.5) is 5.69 Å². The Balaban J connectivity index is 2.34. The normalized spacial score (nSPS) is 21.1. The van der Waals surface area contributed by atoms with Crippen LogP contribution in [-0.2, 0) is 9.53 Å². The Hall–Kier alpha value is -2.48. The van der Waals surface area contributed by atoms with Gasteiger partial charge in [0.05, 0.1) is 17.6 Å². The van der Waals surface area contributed by atoms with Crippen molar-refractivity contribution < 1.29 is 24.4 Å². The number of carboxylic acid groups (broad SMARTS) is 1. The van der Waals surface area contributed by atoms with Gasteiger partial charge in [-0.25, -0.2) is 4.79 Å². The van der Waals surface area contributed by atoms with Crippen LogP contribution >= 0.6 is 0 Å². The number of benzene rings is 1. The average Bonchev–Trinajstić information content (AvgIpc) is 2.45.